The molecule has 3 amide bonds. The van der Waals surface area contributed by atoms with Gasteiger partial charge in [0.25, 0.3) is 0 Å². The lowest BCUT2D eigenvalue weighted by atomic mass is 10.0. The Balaban J connectivity index is 2.18. The van der Waals surface area contributed by atoms with Gasteiger partial charge in [0, 0.05) is 13.0 Å². The number of benzene rings is 1. The molecule has 0 saturated carbocycles. The highest BCUT2D eigenvalue weighted by Gasteiger charge is 2.26. The van der Waals surface area contributed by atoms with Crippen molar-refractivity contribution in [1.29, 1.82) is 0 Å². The Labute approximate surface area is 189 Å². The van der Waals surface area contributed by atoms with Crippen LogP contribution in [0.15, 0.2) is 30.3 Å². The van der Waals surface area contributed by atoms with Crippen LogP contribution in [-0.4, -0.2) is 42.8 Å². The maximum atomic E-state index is 12.8. The van der Waals surface area contributed by atoms with Gasteiger partial charge in [-0.05, 0) is 43.6 Å². The van der Waals surface area contributed by atoms with E-state index in [0.29, 0.717) is 25.7 Å². The van der Waals surface area contributed by atoms with E-state index >= 15 is 0 Å². The predicted molar refractivity (Wildman–Crippen MR) is 121 cm³/mol. The molecule has 0 spiro atoms. The second kappa shape index (κ2) is 13.5. The molecule has 32 heavy (non-hydrogen) atoms. The largest absolute Gasteiger partial charge is 0.441 e. The minimum absolute atomic E-state index is 0.130. The molecule has 0 aliphatic carbocycles. The van der Waals surface area contributed by atoms with Gasteiger partial charge >= 0.3 is 6.09 Å². The van der Waals surface area contributed by atoms with Crippen molar-refractivity contribution >= 4 is 24.2 Å². The van der Waals surface area contributed by atoms with Gasteiger partial charge in [-0.15, -0.1) is 0 Å². The third-order valence-corrected chi connectivity index (χ3v) is 5.38. The van der Waals surface area contributed by atoms with Gasteiger partial charge in [0.05, 0.1) is 6.04 Å². The van der Waals surface area contributed by atoms with Crippen LogP contribution in [-0.2, 0) is 19.1 Å². The van der Waals surface area contributed by atoms with Gasteiger partial charge in [-0.25, -0.2) is 4.79 Å². The molecule has 0 bridgehead atoms. The van der Waals surface area contributed by atoms with Gasteiger partial charge in [-0.1, -0.05) is 50.6 Å². The summed E-state index contributed by atoms with van der Waals surface area (Å²) >= 11 is 0. The summed E-state index contributed by atoms with van der Waals surface area (Å²) in [7, 11) is 0. The average molecular weight is 446 g/mol. The van der Waals surface area contributed by atoms with Gasteiger partial charge in [0.15, 0.2) is 0 Å². The molecule has 0 radical (unpaired) electrons. The second-order valence-corrected chi connectivity index (χ2v) is 8.62. The van der Waals surface area contributed by atoms with Crippen LogP contribution in [0.2, 0.25) is 0 Å². The van der Waals surface area contributed by atoms with Crippen molar-refractivity contribution in [3.05, 3.63) is 35.9 Å². The van der Waals surface area contributed by atoms with Crippen LogP contribution in [0.25, 0.3) is 0 Å². The minimum Gasteiger partial charge on any atom is -0.441 e. The van der Waals surface area contributed by atoms with Crippen LogP contribution in [0, 0.1) is 5.92 Å². The molecule has 1 unspecified atom stereocenters. The molecule has 176 valence electrons. The third-order valence-electron chi connectivity index (χ3n) is 5.38. The molecule has 3 N–H and O–H groups in total. The first kappa shape index (κ1) is 25.4. The molecule has 3 atom stereocenters. The van der Waals surface area contributed by atoms with Gasteiger partial charge < -0.3 is 25.5 Å². The lowest BCUT2D eigenvalue weighted by Crippen LogP contribution is -2.51. The van der Waals surface area contributed by atoms with Gasteiger partial charge in [-0.2, -0.15) is 0 Å². The fourth-order valence-corrected chi connectivity index (χ4v) is 3.66. The maximum Gasteiger partial charge on any atom is 0.408 e. The van der Waals surface area contributed by atoms with E-state index in [1.54, 1.807) is 0 Å². The Morgan fingerprint density at radius 1 is 1.03 bits per heavy atom. The molecular formula is C24H35N3O5. The van der Waals surface area contributed by atoms with Crippen LogP contribution in [0.4, 0.5) is 4.79 Å². The second-order valence-electron chi connectivity index (χ2n) is 8.62. The van der Waals surface area contributed by atoms with E-state index in [9.17, 15) is 19.2 Å². The fourth-order valence-electron chi connectivity index (χ4n) is 3.66. The van der Waals surface area contributed by atoms with E-state index in [1.165, 1.54) is 0 Å². The molecule has 0 aromatic heterocycles. The van der Waals surface area contributed by atoms with E-state index in [0.717, 1.165) is 24.8 Å². The first-order valence-electron chi connectivity index (χ1n) is 11.4. The monoisotopic (exact) mass is 445 g/mol. The molecule has 8 heteroatoms. The van der Waals surface area contributed by atoms with Crippen molar-refractivity contribution in [2.75, 3.05) is 6.54 Å². The van der Waals surface area contributed by atoms with Gasteiger partial charge in [0.2, 0.25) is 11.8 Å². The number of ether oxygens (including phenoxy) is 1. The number of carbonyl (C=O) groups is 4. The SMILES string of the molecule is CC(C)C[C@@H]1NC(=O)OC(c2ccccc2)CCCCCNC(=O)CC[C@@H](C=O)NC1=O. The lowest BCUT2D eigenvalue weighted by Gasteiger charge is -2.24. The molecule has 8 nitrogen and oxygen atoms in total. The van der Waals surface area contributed by atoms with Crippen LogP contribution in [0.3, 0.4) is 0 Å². The Morgan fingerprint density at radius 3 is 2.47 bits per heavy atom. The van der Waals surface area contributed by atoms with Crippen LogP contribution < -0.4 is 16.0 Å². The number of hydrogen-bond acceptors (Lipinski definition) is 5. The number of hydrogen-bond donors (Lipinski definition) is 3. The molecule has 1 heterocycles. The predicted octanol–water partition coefficient (Wildman–Crippen LogP) is 3.02. The Kier molecular flexibility index (Phi) is 10.7. The quantitative estimate of drug-likeness (QED) is 0.617. The van der Waals surface area contributed by atoms with E-state index in [1.807, 2.05) is 44.2 Å². The molecule has 1 aliphatic heterocycles. The topological polar surface area (TPSA) is 114 Å². The lowest BCUT2D eigenvalue weighted by molar-refractivity contribution is -0.127. The fraction of sp³-hybridized carbons (Fsp3) is 0.583. The maximum absolute atomic E-state index is 12.8. The molecule has 1 aromatic carbocycles. The molecule has 1 aromatic rings. The summed E-state index contributed by atoms with van der Waals surface area (Å²) in [6.45, 7) is 4.43. The van der Waals surface area contributed by atoms with E-state index in [2.05, 4.69) is 16.0 Å². The van der Waals surface area contributed by atoms with Crippen molar-refractivity contribution in [3.63, 3.8) is 0 Å². The summed E-state index contributed by atoms with van der Waals surface area (Å²) in [5, 5.41) is 8.17. The highest BCUT2D eigenvalue weighted by Crippen LogP contribution is 2.24. The number of nitrogens with one attached hydrogen (secondary N) is 3. The van der Waals surface area contributed by atoms with Crippen LogP contribution in [0.5, 0.6) is 0 Å². The average Bonchev–Trinajstić information content (AvgIpc) is 2.77. The molecule has 1 fully saturated rings. The molecule has 1 saturated heterocycles. The zero-order valence-electron chi connectivity index (χ0n) is 19.0. The normalized spacial score (nSPS) is 24.5. The highest BCUT2D eigenvalue weighted by molar-refractivity contribution is 5.87. The summed E-state index contributed by atoms with van der Waals surface area (Å²) < 4.78 is 5.72. The number of carbonyl (C=O) groups excluding carboxylic acids is 4. The first-order chi connectivity index (χ1) is 15.4. The molecular weight excluding hydrogens is 410 g/mol. The Morgan fingerprint density at radius 2 is 1.78 bits per heavy atom. The van der Waals surface area contributed by atoms with Crippen LogP contribution in [0.1, 0.15) is 70.5 Å². The van der Waals surface area contributed by atoms with Crippen LogP contribution >= 0.6 is 0 Å². The number of rotatable bonds is 4. The first-order valence-corrected chi connectivity index (χ1v) is 11.4. The van der Waals surface area contributed by atoms with Gasteiger partial charge in [0.1, 0.15) is 18.4 Å². The van der Waals surface area contributed by atoms with Gasteiger partial charge in [-0.3, -0.25) is 9.59 Å². The summed E-state index contributed by atoms with van der Waals surface area (Å²) in [5.41, 5.74) is 0.889. The number of cyclic esters (lactones) is 1. The summed E-state index contributed by atoms with van der Waals surface area (Å²) in [6.07, 6.45) is 3.41. The summed E-state index contributed by atoms with van der Waals surface area (Å²) in [4.78, 5) is 49.0. The van der Waals surface area contributed by atoms with Crippen molar-refractivity contribution in [1.82, 2.24) is 16.0 Å². The van der Waals surface area contributed by atoms with E-state index in [-0.39, 0.29) is 24.7 Å². The Hall–Kier alpha value is -2.90. The van der Waals surface area contributed by atoms with Crippen molar-refractivity contribution in [2.45, 2.75) is 77.0 Å². The smallest absolute Gasteiger partial charge is 0.408 e. The zero-order valence-corrected chi connectivity index (χ0v) is 19.0. The van der Waals surface area contributed by atoms with E-state index < -0.39 is 30.2 Å². The minimum atomic E-state index is -0.842. The standard InChI is InChI=1S/C24H35N3O5/c1-17(2)15-20-23(30)26-19(16-28)12-13-22(29)25-14-8-4-7-11-21(32-24(31)27-20)18-9-5-3-6-10-18/h3,5-6,9-10,16-17,19-21H,4,7-8,11-15H2,1-2H3,(H,25,29)(H,26,30)(H,27,31)/t19-,20-,21?/m0/s1. The number of amides is 3. The summed E-state index contributed by atoms with van der Waals surface area (Å²) in [6, 6.07) is 7.87. The molecule has 1 aliphatic rings. The number of aldehydes is 1. The van der Waals surface area contributed by atoms with Crippen molar-refractivity contribution in [2.24, 2.45) is 5.92 Å². The highest BCUT2D eigenvalue weighted by atomic mass is 16.6. The Bertz CT molecular complexity index is 753. The third kappa shape index (κ3) is 9.08. The van der Waals surface area contributed by atoms with E-state index in [4.69, 9.17) is 4.74 Å². The summed E-state index contributed by atoms with van der Waals surface area (Å²) in [5.74, 6) is -0.479. The van der Waals surface area contributed by atoms with Crippen molar-refractivity contribution in [3.8, 4) is 0 Å². The van der Waals surface area contributed by atoms with Crippen molar-refractivity contribution < 1.29 is 23.9 Å². The number of alkyl carbamates (subject to hydrolysis) is 1. The zero-order chi connectivity index (χ0) is 23.3. The molecule has 2 rings (SSSR count).